The van der Waals surface area contributed by atoms with E-state index < -0.39 is 18.1 Å². The van der Waals surface area contributed by atoms with Gasteiger partial charge in [-0.3, -0.25) is 14.3 Å². The molecule has 0 fully saturated rings. The Hall–Kier alpha value is -2.06. The molecule has 6 nitrogen and oxygen atoms in total. The van der Waals surface area contributed by atoms with Crippen molar-refractivity contribution in [3.05, 3.63) is 11.9 Å². The number of alkyl halides is 3. The van der Waals surface area contributed by atoms with Crippen LogP contribution in [0.5, 0.6) is 0 Å². The van der Waals surface area contributed by atoms with Crippen LogP contribution in [0.2, 0.25) is 0 Å². The average molecular weight is 279 g/mol. The van der Waals surface area contributed by atoms with Gasteiger partial charge in [0.2, 0.25) is 0 Å². The highest BCUT2D eigenvalue weighted by Gasteiger charge is 2.39. The van der Waals surface area contributed by atoms with Crippen LogP contribution >= 0.6 is 0 Å². The largest absolute Gasteiger partial charge is 0.481 e. The van der Waals surface area contributed by atoms with Crippen LogP contribution in [0.15, 0.2) is 6.20 Å². The van der Waals surface area contributed by atoms with Crippen LogP contribution in [0.25, 0.3) is 0 Å². The number of halogens is 3. The Morgan fingerprint density at radius 3 is 2.58 bits per heavy atom. The van der Waals surface area contributed by atoms with Crippen LogP contribution in [-0.4, -0.2) is 32.9 Å². The summed E-state index contributed by atoms with van der Waals surface area (Å²) in [7, 11) is 0. The molecule has 0 aromatic carbocycles. The fourth-order valence-electron chi connectivity index (χ4n) is 1.47. The number of nitrogens with one attached hydrogen (secondary N) is 1. The Kier molecular flexibility index (Phi) is 4.52. The Bertz CT molecular complexity index is 482. The maximum absolute atomic E-state index is 12.1. The van der Waals surface area contributed by atoms with Gasteiger partial charge in [0, 0.05) is 13.0 Å². The molecule has 0 atom stereocenters. The van der Waals surface area contributed by atoms with Gasteiger partial charge in [0.05, 0.1) is 24.0 Å². The number of carboxylic acid groups (broad SMARTS) is 1. The lowest BCUT2D eigenvalue weighted by molar-refractivity contribution is -0.167. The van der Waals surface area contributed by atoms with E-state index in [1.54, 1.807) is 12.2 Å². The SMILES string of the molecule is CCn1ncc(NC(=O)C(F)(F)F)c1CCC(=O)O. The predicted octanol–water partition coefficient (Wildman–Crippen LogP) is 1.42. The number of aliphatic carboxylic acids is 1. The van der Waals surface area contributed by atoms with Crippen molar-refractivity contribution in [2.75, 3.05) is 5.32 Å². The number of aromatic nitrogens is 2. The summed E-state index contributed by atoms with van der Waals surface area (Å²) < 4.78 is 37.7. The van der Waals surface area contributed by atoms with E-state index in [-0.39, 0.29) is 24.2 Å². The minimum atomic E-state index is -5.00. The van der Waals surface area contributed by atoms with Gasteiger partial charge in [0.1, 0.15) is 0 Å². The fraction of sp³-hybridized carbons (Fsp3) is 0.500. The van der Waals surface area contributed by atoms with E-state index in [0.717, 1.165) is 6.20 Å². The molecule has 0 aliphatic carbocycles. The van der Waals surface area contributed by atoms with Crippen molar-refractivity contribution in [3.63, 3.8) is 0 Å². The third-order valence-electron chi connectivity index (χ3n) is 2.33. The molecule has 19 heavy (non-hydrogen) atoms. The second kappa shape index (κ2) is 5.72. The zero-order valence-electron chi connectivity index (χ0n) is 9.99. The highest BCUT2D eigenvalue weighted by Crippen LogP contribution is 2.21. The number of carbonyl (C=O) groups is 2. The monoisotopic (exact) mass is 279 g/mol. The van der Waals surface area contributed by atoms with Gasteiger partial charge >= 0.3 is 18.1 Å². The van der Waals surface area contributed by atoms with Gasteiger partial charge in [-0.1, -0.05) is 0 Å². The van der Waals surface area contributed by atoms with Crippen LogP contribution in [0.1, 0.15) is 19.0 Å². The molecule has 0 bridgehead atoms. The molecule has 0 aliphatic rings. The molecule has 1 rings (SSSR count). The van der Waals surface area contributed by atoms with E-state index in [1.807, 2.05) is 0 Å². The molecule has 9 heteroatoms. The van der Waals surface area contributed by atoms with Gasteiger partial charge in [-0.05, 0) is 6.92 Å². The van der Waals surface area contributed by atoms with Crippen LogP contribution in [0.4, 0.5) is 18.9 Å². The van der Waals surface area contributed by atoms with Crippen molar-refractivity contribution in [3.8, 4) is 0 Å². The van der Waals surface area contributed by atoms with Gasteiger partial charge in [-0.15, -0.1) is 0 Å². The first-order valence-electron chi connectivity index (χ1n) is 5.40. The van der Waals surface area contributed by atoms with Crippen LogP contribution < -0.4 is 5.32 Å². The first-order chi connectivity index (χ1) is 8.75. The lowest BCUT2D eigenvalue weighted by Gasteiger charge is -2.09. The topological polar surface area (TPSA) is 84.2 Å². The molecule has 0 radical (unpaired) electrons. The third kappa shape index (κ3) is 3.97. The molecular weight excluding hydrogens is 267 g/mol. The van der Waals surface area contributed by atoms with Crippen molar-refractivity contribution in [1.82, 2.24) is 9.78 Å². The van der Waals surface area contributed by atoms with Crippen LogP contribution in [-0.2, 0) is 22.6 Å². The van der Waals surface area contributed by atoms with Gasteiger partial charge in [-0.25, -0.2) is 0 Å². The molecule has 0 saturated heterocycles. The summed E-state index contributed by atoms with van der Waals surface area (Å²) in [6.45, 7) is 2.06. The third-order valence-corrected chi connectivity index (χ3v) is 2.33. The lowest BCUT2D eigenvalue weighted by atomic mass is 10.2. The van der Waals surface area contributed by atoms with E-state index in [1.165, 1.54) is 4.68 Å². The molecule has 0 unspecified atom stereocenters. The van der Waals surface area contributed by atoms with Crippen molar-refractivity contribution >= 4 is 17.6 Å². The van der Waals surface area contributed by atoms with Gasteiger partial charge in [0.25, 0.3) is 0 Å². The summed E-state index contributed by atoms with van der Waals surface area (Å²) in [5.41, 5.74) is 0.132. The Morgan fingerprint density at radius 1 is 1.47 bits per heavy atom. The number of nitrogens with zero attached hydrogens (tertiary/aromatic N) is 2. The van der Waals surface area contributed by atoms with Crippen molar-refractivity contribution in [2.24, 2.45) is 0 Å². The fourth-order valence-corrected chi connectivity index (χ4v) is 1.47. The average Bonchev–Trinajstić information content (AvgIpc) is 2.67. The number of hydrogen-bond acceptors (Lipinski definition) is 3. The van der Waals surface area contributed by atoms with E-state index >= 15 is 0 Å². The smallest absolute Gasteiger partial charge is 0.471 e. The molecule has 0 spiro atoms. The molecule has 106 valence electrons. The normalized spacial score (nSPS) is 11.4. The van der Waals surface area contributed by atoms with Crippen LogP contribution in [0, 0.1) is 0 Å². The Morgan fingerprint density at radius 2 is 2.11 bits per heavy atom. The molecule has 0 aliphatic heterocycles. The zero-order valence-corrected chi connectivity index (χ0v) is 9.99. The minimum Gasteiger partial charge on any atom is -0.481 e. The number of rotatable bonds is 5. The first kappa shape index (κ1) is 15.0. The lowest BCUT2D eigenvalue weighted by Crippen LogP contribution is -2.30. The van der Waals surface area contributed by atoms with E-state index in [2.05, 4.69) is 5.10 Å². The summed E-state index contributed by atoms with van der Waals surface area (Å²) in [6, 6.07) is 0. The summed E-state index contributed by atoms with van der Waals surface area (Å²) >= 11 is 0. The molecule has 1 aromatic rings. The van der Waals surface area contributed by atoms with E-state index in [4.69, 9.17) is 5.11 Å². The van der Waals surface area contributed by atoms with Gasteiger partial charge < -0.3 is 10.4 Å². The van der Waals surface area contributed by atoms with Gasteiger partial charge in [0.15, 0.2) is 0 Å². The maximum Gasteiger partial charge on any atom is 0.471 e. The maximum atomic E-state index is 12.1. The Balaban J connectivity index is 2.91. The van der Waals surface area contributed by atoms with Crippen LogP contribution in [0.3, 0.4) is 0 Å². The molecule has 1 heterocycles. The Labute approximate surface area is 106 Å². The standard InChI is InChI=1S/C10H12F3N3O3/c1-2-16-7(3-4-8(17)18)6(5-14-16)15-9(19)10(11,12)13/h5H,2-4H2,1H3,(H,15,19)(H,17,18). The van der Waals surface area contributed by atoms with Crippen molar-refractivity contribution in [2.45, 2.75) is 32.5 Å². The molecule has 0 saturated carbocycles. The number of carboxylic acids is 1. The number of carbonyl (C=O) groups excluding carboxylic acids is 1. The number of anilines is 1. The second-order valence-electron chi connectivity index (χ2n) is 3.67. The highest BCUT2D eigenvalue weighted by molar-refractivity contribution is 5.95. The molecule has 1 aromatic heterocycles. The first-order valence-corrected chi connectivity index (χ1v) is 5.40. The summed E-state index contributed by atoms with van der Waals surface area (Å²) in [4.78, 5) is 21.3. The quantitative estimate of drug-likeness (QED) is 0.853. The van der Waals surface area contributed by atoms with Crippen molar-refractivity contribution in [1.29, 1.82) is 0 Å². The highest BCUT2D eigenvalue weighted by atomic mass is 19.4. The molecule has 2 N–H and O–H groups in total. The molecular formula is C10H12F3N3O3. The van der Waals surface area contributed by atoms with E-state index in [9.17, 15) is 22.8 Å². The minimum absolute atomic E-state index is 0.0172. The number of hydrogen-bond donors (Lipinski definition) is 2. The second-order valence-corrected chi connectivity index (χ2v) is 3.67. The zero-order chi connectivity index (χ0) is 14.6. The summed E-state index contributed by atoms with van der Waals surface area (Å²) in [5, 5.41) is 14.1. The molecule has 1 amide bonds. The van der Waals surface area contributed by atoms with Crippen molar-refractivity contribution < 1.29 is 27.9 Å². The van der Waals surface area contributed by atoms with E-state index in [0.29, 0.717) is 6.54 Å². The number of aryl methyl sites for hydroxylation is 1. The summed E-state index contributed by atoms with van der Waals surface area (Å²) in [6.07, 6.45) is -4.21. The number of amides is 1. The van der Waals surface area contributed by atoms with Gasteiger partial charge in [-0.2, -0.15) is 18.3 Å². The summed E-state index contributed by atoms with van der Waals surface area (Å²) in [5.74, 6) is -3.20. The predicted molar refractivity (Wildman–Crippen MR) is 58.5 cm³/mol.